The molecule has 0 spiro atoms. The SMILES string of the molecule is NS(=O)(=O)c1cccc(-c2ccc3ncc4ccc(=O)n(-c5cccc(C(F)(F)F)c5)c4c3c2)c1. The number of fused-ring (bicyclic) bond motifs is 3. The highest BCUT2D eigenvalue weighted by Crippen LogP contribution is 2.33. The van der Waals surface area contributed by atoms with Crippen LogP contribution in [0.15, 0.2) is 94.7 Å². The minimum absolute atomic E-state index is 0.0598. The standard InChI is InChI=1S/C25H16F3N3O3S/c26-25(27,28)18-4-2-5-19(13-18)31-23(32)10-8-17-14-30-22-9-7-16(12-21(22)24(17)31)15-3-1-6-20(11-15)35(29,33)34/h1-14H,(H2,29,33,34). The molecular formula is C25H16F3N3O3S. The van der Waals surface area contributed by atoms with Crippen molar-refractivity contribution in [3.8, 4) is 16.8 Å². The van der Waals surface area contributed by atoms with Crippen molar-refractivity contribution in [1.82, 2.24) is 9.55 Å². The van der Waals surface area contributed by atoms with Gasteiger partial charge in [0.25, 0.3) is 5.56 Å². The van der Waals surface area contributed by atoms with Crippen LogP contribution in [0.3, 0.4) is 0 Å². The van der Waals surface area contributed by atoms with Gasteiger partial charge in [-0.2, -0.15) is 13.2 Å². The molecule has 0 fully saturated rings. The van der Waals surface area contributed by atoms with Gasteiger partial charge in [0.1, 0.15) is 0 Å². The van der Waals surface area contributed by atoms with Crippen LogP contribution < -0.4 is 10.7 Å². The molecule has 0 radical (unpaired) electrons. The monoisotopic (exact) mass is 495 g/mol. The highest BCUT2D eigenvalue weighted by atomic mass is 32.2. The van der Waals surface area contributed by atoms with Gasteiger partial charge in [0.2, 0.25) is 10.0 Å². The number of sulfonamides is 1. The lowest BCUT2D eigenvalue weighted by molar-refractivity contribution is -0.137. The van der Waals surface area contributed by atoms with E-state index >= 15 is 0 Å². The minimum Gasteiger partial charge on any atom is -0.276 e. The van der Waals surface area contributed by atoms with E-state index in [-0.39, 0.29) is 10.6 Å². The van der Waals surface area contributed by atoms with Gasteiger partial charge in [0, 0.05) is 28.7 Å². The maximum Gasteiger partial charge on any atom is 0.416 e. The Morgan fingerprint density at radius 2 is 1.60 bits per heavy atom. The third kappa shape index (κ3) is 4.17. The summed E-state index contributed by atoms with van der Waals surface area (Å²) in [7, 11) is -3.92. The maximum atomic E-state index is 13.4. The Balaban J connectivity index is 1.82. The number of nitrogens with zero attached hydrogens (tertiary/aromatic N) is 2. The fraction of sp³-hybridized carbons (Fsp3) is 0.0400. The first-order chi connectivity index (χ1) is 16.5. The molecule has 0 amide bonds. The number of nitrogens with two attached hydrogens (primary N) is 1. The number of benzene rings is 3. The average Bonchev–Trinajstić information content (AvgIpc) is 2.82. The van der Waals surface area contributed by atoms with Crippen LogP contribution in [0.5, 0.6) is 0 Å². The van der Waals surface area contributed by atoms with Crippen molar-refractivity contribution in [2.75, 3.05) is 0 Å². The molecule has 0 aliphatic heterocycles. The molecule has 6 nitrogen and oxygen atoms in total. The van der Waals surface area contributed by atoms with Crippen LogP contribution in [0, 0.1) is 0 Å². The van der Waals surface area contributed by atoms with E-state index in [9.17, 15) is 26.4 Å². The summed E-state index contributed by atoms with van der Waals surface area (Å²) in [4.78, 5) is 17.3. The molecule has 3 aromatic carbocycles. The van der Waals surface area contributed by atoms with Crippen molar-refractivity contribution >= 4 is 31.8 Å². The van der Waals surface area contributed by atoms with Crippen LogP contribution in [0.25, 0.3) is 38.6 Å². The lowest BCUT2D eigenvalue weighted by Gasteiger charge is -2.15. The number of hydrogen-bond acceptors (Lipinski definition) is 4. The van der Waals surface area contributed by atoms with Crippen molar-refractivity contribution in [2.45, 2.75) is 11.1 Å². The number of pyridine rings is 2. The topological polar surface area (TPSA) is 95.1 Å². The maximum absolute atomic E-state index is 13.4. The van der Waals surface area contributed by atoms with Gasteiger partial charge in [-0.1, -0.05) is 24.3 Å². The second kappa shape index (κ2) is 8.03. The predicted octanol–water partition coefficient (Wildman–Crippen LogP) is 4.87. The number of aromatic nitrogens is 2. The van der Waals surface area contributed by atoms with E-state index in [2.05, 4.69) is 4.98 Å². The number of halogens is 3. The van der Waals surface area contributed by atoms with Gasteiger partial charge in [-0.25, -0.2) is 13.6 Å². The van der Waals surface area contributed by atoms with Gasteiger partial charge in [0.05, 0.1) is 21.5 Å². The molecule has 0 unspecified atom stereocenters. The van der Waals surface area contributed by atoms with Crippen LogP contribution in [-0.2, 0) is 16.2 Å². The predicted molar refractivity (Wildman–Crippen MR) is 127 cm³/mol. The van der Waals surface area contributed by atoms with Crippen molar-refractivity contribution in [3.05, 3.63) is 101 Å². The normalized spacial score (nSPS) is 12.3. The molecule has 0 bridgehead atoms. The third-order valence-electron chi connectivity index (χ3n) is 5.64. The minimum atomic E-state index is -4.57. The molecule has 2 heterocycles. The molecule has 0 saturated heterocycles. The second-order valence-corrected chi connectivity index (χ2v) is 9.48. The Hall–Kier alpha value is -4.02. The molecule has 2 N–H and O–H groups in total. The first-order valence-corrected chi connectivity index (χ1v) is 11.8. The molecule has 2 aromatic heterocycles. The van der Waals surface area contributed by atoms with E-state index in [4.69, 9.17) is 5.14 Å². The summed E-state index contributed by atoms with van der Waals surface area (Å²) >= 11 is 0. The number of hydrogen-bond donors (Lipinski definition) is 1. The van der Waals surface area contributed by atoms with Gasteiger partial charge in [-0.05, 0) is 59.7 Å². The summed E-state index contributed by atoms with van der Waals surface area (Å²) in [5.74, 6) is 0. The fourth-order valence-corrected chi connectivity index (χ4v) is 4.58. The highest BCUT2D eigenvalue weighted by Gasteiger charge is 2.30. The van der Waals surface area contributed by atoms with Gasteiger partial charge < -0.3 is 0 Å². The largest absolute Gasteiger partial charge is 0.416 e. The lowest BCUT2D eigenvalue weighted by atomic mass is 10.0. The Morgan fingerprint density at radius 1 is 0.857 bits per heavy atom. The summed E-state index contributed by atoms with van der Waals surface area (Å²) in [6.45, 7) is 0. The molecule has 35 heavy (non-hydrogen) atoms. The number of rotatable bonds is 3. The van der Waals surface area contributed by atoms with Gasteiger partial charge >= 0.3 is 6.18 Å². The zero-order valence-corrected chi connectivity index (χ0v) is 18.6. The molecule has 10 heteroatoms. The van der Waals surface area contributed by atoms with Crippen LogP contribution >= 0.6 is 0 Å². The van der Waals surface area contributed by atoms with E-state index in [1.165, 1.54) is 34.9 Å². The van der Waals surface area contributed by atoms with Crippen LogP contribution in [0.1, 0.15) is 5.56 Å². The lowest BCUT2D eigenvalue weighted by Crippen LogP contribution is -2.18. The van der Waals surface area contributed by atoms with Crippen molar-refractivity contribution in [1.29, 1.82) is 0 Å². The van der Waals surface area contributed by atoms with Crippen molar-refractivity contribution in [3.63, 3.8) is 0 Å². The van der Waals surface area contributed by atoms with Gasteiger partial charge in [0.15, 0.2) is 0 Å². The quantitative estimate of drug-likeness (QED) is 0.361. The van der Waals surface area contributed by atoms with Crippen molar-refractivity contribution < 1.29 is 21.6 Å². The molecule has 0 saturated carbocycles. The van der Waals surface area contributed by atoms with Crippen LogP contribution in [0.4, 0.5) is 13.2 Å². The molecule has 0 aliphatic carbocycles. The molecule has 0 atom stereocenters. The number of alkyl halides is 3. The van der Waals surface area contributed by atoms with E-state index < -0.39 is 27.3 Å². The highest BCUT2D eigenvalue weighted by molar-refractivity contribution is 7.89. The van der Waals surface area contributed by atoms with E-state index in [1.54, 1.807) is 42.6 Å². The van der Waals surface area contributed by atoms with E-state index in [0.29, 0.717) is 32.9 Å². The zero-order chi connectivity index (χ0) is 25.0. The second-order valence-electron chi connectivity index (χ2n) is 7.92. The Labute approximate surface area is 197 Å². The smallest absolute Gasteiger partial charge is 0.276 e. The Morgan fingerprint density at radius 3 is 2.34 bits per heavy atom. The molecule has 0 aliphatic rings. The zero-order valence-electron chi connectivity index (χ0n) is 17.8. The Kier molecular flexibility index (Phi) is 5.22. The van der Waals surface area contributed by atoms with E-state index in [1.807, 2.05) is 0 Å². The van der Waals surface area contributed by atoms with Gasteiger partial charge in [-0.3, -0.25) is 14.3 Å². The fourth-order valence-electron chi connectivity index (χ4n) is 4.02. The molecular weight excluding hydrogens is 479 g/mol. The molecule has 5 aromatic rings. The Bertz CT molecular complexity index is 1800. The van der Waals surface area contributed by atoms with E-state index in [0.717, 1.165) is 12.1 Å². The van der Waals surface area contributed by atoms with Crippen molar-refractivity contribution in [2.24, 2.45) is 5.14 Å². The third-order valence-corrected chi connectivity index (χ3v) is 6.56. The molecule has 176 valence electrons. The summed E-state index contributed by atoms with van der Waals surface area (Å²) in [5.41, 5.74) is 0.734. The summed E-state index contributed by atoms with van der Waals surface area (Å²) < 4.78 is 64.9. The van der Waals surface area contributed by atoms with Crippen LogP contribution in [0.2, 0.25) is 0 Å². The van der Waals surface area contributed by atoms with Crippen LogP contribution in [-0.4, -0.2) is 18.0 Å². The summed E-state index contributed by atoms with van der Waals surface area (Å²) in [6, 6.07) is 18.6. The van der Waals surface area contributed by atoms with Gasteiger partial charge in [-0.15, -0.1) is 0 Å². The summed E-state index contributed by atoms with van der Waals surface area (Å²) in [6.07, 6.45) is -3.03. The summed E-state index contributed by atoms with van der Waals surface area (Å²) in [5, 5.41) is 6.31. The average molecular weight is 495 g/mol. The first kappa shape index (κ1) is 22.8. The first-order valence-electron chi connectivity index (χ1n) is 10.3. The number of primary sulfonamides is 1. The molecule has 5 rings (SSSR count).